The maximum Gasteiger partial charge on any atom is 0.327 e. The van der Waals surface area contributed by atoms with Crippen molar-refractivity contribution in [1.82, 2.24) is 10.1 Å². The van der Waals surface area contributed by atoms with E-state index in [9.17, 15) is 14.7 Å². The lowest BCUT2D eigenvalue weighted by Gasteiger charge is -2.56. The van der Waals surface area contributed by atoms with Crippen LogP contribution in [-0.2, 0) is 9.59 Å². The summed E-state index contributed by atoms with van der Waals surface area (Å²) in [5.41, 5.74) is 1.63. The number of hydrogen-bond donors (Lipinski definition) is 1. The highest BCUT2D eigenvalue weighted by Gasteiger charge is 2.71. The van der Waals surface area contributed by atoms with E-state index in [0.717, 1.165) is 22.0 Å². The third-order valence-corrected chi connectivity index (χ3v) is 8.12. The van der Waals surface area contributed by atoms with Gasteiger partial charge in [-0.3, -0.25) is 4.79 Å². The minimum absolute atomic E-state index is 0.214. The average Bonchev–Trinajstić information content (AvgIpc) is 3.33. The monoisotopic (exact) mass is 437 g/mol. The van der Waals surface area contributed by atoms with Gasteiger partial charge in [0.25, 0.3) is 5.91 Å². The molecule has 1 unspecified atom stereocenters. The van der Waals surface area contributed by atoms with Crippen LogP contribution in [0.3, 0.4) is 0 Å². The molecule has 7 nitrogen and oxygen atoms in total. The van der Waals surface area contributed by atoms with E-state index >= 15 is 0 Å². The lowest BCUT2D eigenvalue weighted by atomic mass is 9.83. The van der Waals surface area contributed by atoms with Crippen LogP contribution in [0, 0.1) is 6.92 Å². The number of fused-ring (bicyclic) bond motifs is 2. The zero-order valence-corrected chi connectivity index (χ0v) is 18.5. The molecule has 160 valence electrons. The van der Waals surface area contributed by atoms with Crippen molar-refractivity contribution in [2.75, 3.05) is 4.90 Å². The summed E-state index contributed by atoms with van der Waals surface area (Å²) in [6, 6.07) is 11.3. The molecule has 0 aliphatic carbocycles. The minimum Gasteiger partial charge on any atom is -0.480 e. The Bertz CT molecular complexity index is 1210. The molecule has 2 fully saturated rings. The molecule has 31 heavy (non-hydrogen) atoms. The van der Waals surface area contributed by atoms with Crippen LogP contribution in [0.25, 0.3) is 10.8 Å². The summed E-state index contributed by atoms with van der Waals surface area (Å²) in [6.45, 7) is 7.68. The summed E-state index contributed by atoms with van der Waals surface area (Å²) in [5.74, 6) is -1.19. The Morgan fingerprint density at radius 3 is 2.71 bits per heavy atom. The second kappa shape index (κ2) is 6.50. The number of carbonyl (C=O) groups is 2. The third-order valence-electron chi connectivity index (χ3n) is 6.38. The summed E-state index contributed by atoms with van der Waals surface area (Å²) in [4.78, 5) is 29.1. The number of β-lactam (4-membered cyclic amide) rings is 1. The van der Waals surface area contributed by atoms with Crippen molar-refractivity contribution in [3.05, 3.63) is 54.4 Å². The molecule has 2 aromatic carbocycles. The van der Waals surface area contributed by atoms with Gasteiger partial charge in [-0.2, -0.15) is 0 Å². The predicted molar refractivity (Wildman–Crippen MR) is 119 cm³/mol. The Morgan fingerprint density at radius 2 is 2.03 bits per heavy atom. The number of hydrogen-bond acceptors (Lipinski definition) is 6. The Balaban J connectivity index is 1.70. The van der Waals surface area contributed by atoms with E-state index in [1.165, 1.54) is 22.9 Å². The fourth-order valence-electron chi connectivity index (χ4n) is 4.94. The van der Waals surface area contributed by atoms with Crippen molar-refractivity contribution < 1.29 is 19.2 Å². The Morgan fingerprint density at radius 1 is 1.26 bits per heavy atom. The minimum atomic E-state index is -0.990. The second-order valence-corrected chi connectivity index (χ2v) is 10.6. The van der Waals surface area contributed by atoms with Crippen LogP contribution in [0.4, 0.5) is 11.4 Å². The summed E-state index contributed by atoms with van der Waals surface area (Å²) < 4.78 is 4.53. The molecule has 8 heteroatoms. The summed E-state index contributed by atoms with van der Waals surface area (Å²) >= 11 is 1.53. The summed E-state index contributed by atoms with van der Waals surface area (Å²) in [6.07, 6.45) is 3.12. The molecule has 2 aliphatic heterocycles. The van der Waals surface area contributed by atoms with Crippen LogP contribution in [0.1, 0.15) is 26.3 Å². The van der Waals surface area contributed by atoms with Gasteiger partial charge in [0, 0.05) is 10.1 Å². The molecule has 1 aromatic heterocycles. The van der Waals surface area contributed by atoms with Gasteiger partial charge in [-0.25, -0.2) is 4.79 Å². The van der Waals surface area contributed by atoms with E-state index < -0.39 is 22.3 Å². The number of carboxylic acid groups (broad SMARTS) is 1. The normalized spacial score (nSPS) is 26.6. The standard InChI is InChI=1S/C23H23N3O4S/c1-13-8-9-14-6-5-7-17(16(14)10-13)26(15-11-24-30-12-15)23(4)20(29)25-18(19(27)28)22(2,3)31-21(23)25/h5-12,18,21H,1-4H3,(H,27,28)/t18-,21+,23?/m0/s1. The van der Waals surface area contributed by atoms with Crippen LogP contribution in [0.15, 0.2) is 53.4 Å². The van der Waals surface area contributed by atoms with E-state index in [4.69, 9.17) is 4.52 Å². The smallest absolute Gasteiger partial charge is 0.327 e. The molecule has 0 spiro atoms. The second-order valence-electron chi connectivity index (χ2n) is 8.89. The zero-order chi connectivity index (χ0) is 22.1. The fraction of sp³-hybridized carbons (Fsp3) is 0.348. The highest BCUT2D eigenvalue weighted by Crippen LogP contribution is 2.58. The summed E-state index contributed by atoms with van der Waals surface area (Å²) in [7, 11) is 0. The number of anilines is 2. The number of carbonyl (C=O) groups excluding carboxylic acids is 1. The molecule has 1 N–H and O–H groups in total. The maximum atomic E-state index is 13.6. The predicted octanol–water partition coefficient (Wildman–Crippen LogP) is 4.18. The van der Waals surface area contributed by atoms with Gasteiger partial charge >= 0.3 is 5.97 Å². The largest absolute Gasteiger partial charge is 0.480 e. The van der Waals surface area contributed by atoms with Crippen LogP contribution >= 0.6 is 11.8 Å². The highest BCUT2D eigenvalue weighted by atomic mass is 32.2. The molecule has 0 bridgehead atoms. The summed E-state index contributed by atoms with van der Waals surface area (Å²) in [5, 5.41) is 15.4. The first-order valence-corrected chi connectivity index (χ1v) is 11.0. The van der Waals surface area contributed by atoms with Gasteiger partial charge in [-0.1, -0.05) is 35.0 Å². The molecule has 2 aliphatic rings. The molecule has 5 rings (SSSR count). The van der Waals surface area contributed by atoms with Crippen LogP contribution < -0.4 is 4.90 Å². The lowest BCUT2D eigenvalue weighted by Crippen LogP contribution is -2.77. The van der Waals surface area contributed by atoms with Gasteiger partial charge in [0.05, 0.1) is 11.9 Å². The van der Waals surface area contributed by atoms with E-state index in [1.807, 2.05) is 50.8 Å². The molecule has 0 saturated carbocycles. The SMILES string of the molecule is Cc1ccc2cccc(N(c3cnoc3)C3(C)C(=O)N4[C@@H](C(=O)O)C(C)(C)S[C@@H]43)c2c1. The van der Waals surface area contributed by atoms with Crippen LogP contribution in [0.2, 0.25) is 0 Å². The van der Waals surface area contributed by atoms with Gasteiger partial charge < -0.3 is 19.4 Å². The number of aliphatic carboxylic acids is 1. The Labute approximate surface area is 184 Å². The number of carboxylic acids is 1. The van der Waals surface area contributed by atoms with Crippen molar-refractivity contribution in [3.63, 3.8) is 0 Å². The molecule has 3 heterocycles. The van der Waals surface area contributed by atoms with Crippen molar-refractivity contribution in [3.8, 4) is 0 Å². The quantitative estimate of drug-likeness (QED) is 0.613. The van der Waals surface area contributed by atoms with Crippen molar-refractivity contribution in [2.24, 2.45) is 0 Å². The van der Waals surface area contributed by atoms with E-state index in [1.54, 1.807) is 6.20 Å². The first-order valence-electron chi connectivity index (χ1n) is 10.1. The molecular weight excluding hydrogens is 414 g/mol. The Kier molecular flexibility index (Phi) is 4.18. The van der Waals surface area contributed by atoms with Gasteiger partial charge in [0.1, 0.15) is 23.4 Å². The van der Waals surface area contributed by atoms with Crippen LogP contribution in [-0.4, -0.2) is 48.7 Å². The molecule has 3 atom stereocenters. The van der Waals surface area contributed by atoms with Gasteiger partial charge in [-0.15, -0.1) is 11.8 Å². The number of thioether (sulfide) groups is 1. The lowest BCUT2D eigenvalue weighted by molar-refractivity contribution is -0.164. The average molecular weight is 438 g/mol. The van der Waals surface area contributed by atoms with E-state index in [0.29, 0.717) is 5.69 Å². The zero-order valence-electron chi connectivity index (χ0n) is 17.7. The molecule has 2 saturated heterocycles. The number of benzene rings is 2. The first-order chi connectivity index (χ1) is 14.7. The highest BCUT2D eigenvalue weighted by molar-refractivity contribution is 8.01. The molecule has 1 amide bonds. The number of amides is 1. The number of aromatic nitrogens is 1. The van der Waals surface area contributed by atoms with Gasteiger partial charge in [0.15, 0.2) is 5.54 Å². The molecule has 0 radical (unpaired) electrons. The van der Waals surface area contributed by atoms with Gasteiger partial charge in [-0.05, 0) is 45.2 Å². The topological polar surface area (TPSA) is 86.9 Å². The first kappa shape index (κ1) is 19.9. The fourth-order valence-corrected chi connectivity index (χ4v) is 6.63. The van der Waals surface area contributed by atoms with Crippen molar-refractivity contribution in [2.45, 2.75) is 49.4 Å². The number of nitrogens with zero attached hydrogens (tertiary/aromatic N) is 3. The van der Waals surface area contributed by atoms with Crippen molar-refractivity contribution in [1.29, 1.82) is 0 Å². The number of rotatable bonds is 4. The molecular formula is C23H23N3O4S. The Hall–Kier alpha value is -3.00. The van der Waals surface area contributed by atoms with E-state index in [-0.39, 0.29) is 11.3 Å². The van der Waals surface area contributed by atoms with Crippen LogP contribution in [0.5, 0.6) is 0 Å². The van der Waals surface area contributed by atoms with E-state index in [2.05, 4.69) is 23.4 Å². The molecule has 3 aromatic rings. The van der Waals surface area contributed by atoms with Gasteiger partial charge in [0.2, 0.25) is 0 Å². The maximum absolute atomic E-state index is 13.6. The number of aryl methyl sites for hydroxylation is 1. The van der Waals surface area contributed by atoms with Crippen molar-refractivity contribution >= 4 is 45.8 Å². The third kappa shape index (κ3) is 2.64.